The molecule has 0 spiro atoms. The molecule has 1 fully saturated rings. The molecule has 30 heavy (non-hydrogen) atoms. The predicted molar refractivity (Wildman–Crippen MR) is 112 cm³/mol. The highest BCUT2D eigenvalue weighted by Gasteiger charge is 2.34. The number of sulfonamides is 1. The van der Waals surface area contributed by atoms with Gasteiger partial charge in [-0.3, -0.25) is 0 Å². The Kier molecular flexibility index (Phi) is 5.65. The number of aryl methyl sites for hydroxylation is 2. The molecule has 4 heterocycles. The van der Waals surface area contributed by atoms with Gasteiger partial charge in [0.1, 0.15) is 10.6 Å². The zero-order valence-electron chi connectivity index (χ0n) is 17.9. The van der Waals surface area contributed by atoms with Crippen molar-refractivity contribution < 1.29 is 12.9 Å². The van der Waals surface area contributed by atoms with Crippen molar-refractivity contribution in [3.05, 3.63) is 41.2 Å². The number of fused-ring (bicyclic) bond motifs is 1. The summed E-state index contributed by atoms with van der Waals surface area (Å²) in [5.41, 5.74) is 3.57. The summed E-state index contributed by atoms with van der Waals surface area (Å²) in [7, 11) is 0.490. The van der Waals surface area contributed by atoms with Gasteiger partial charge in [0.2, 0.25) is 10.0 Å². The standard InChI is InChI=1S/C20H28N6O3S/c1-14-20(15(2)29-23-14)30(27,28)25-9-6-16(7-10-25)11-18-17(13-24(3)4)12-21-19-5-8-22-26(18)19/h5,8,12,16H,6-7,9-11,13H2,1-4H3. The van der Waals surface area contributed by atoms with E-state index in [-0.39, 0.29) is 4.90 Å². The van der Waals surface area contributed by atoms with Crippen molar-refractivity contribution in [2.24, 2.45) is 5.92 Å². The Hall–Kier alpha value is -2.30. The SMILES string of the molecule is Cc1noc(C)c1S(=O)(=O)N1CCC(Cc2c(CN(C)C)cnc3ccnn23)CC1. The summed E-state index contributed by atoms with van der Waals surface area (Å²) in [5.74, 6) is 0.734. The number of hydrogen-bond donors (Lipinski definition) is 0. The van der Waals surface area contributed by atoms with Gasteiger partial charge in [0.05, 0.1) is 11.9 Å². The third-order valence-electron chi connectivity index (χ3n) is 5.71. The van der Waals surface area contributed by atoms with Crippen LogP contribution in [0.25, 0.3) is 5.65 Å². The van der Waals surface area contributed by atoms with Crippen LogP contribution in [0.2, 0.25) is 0 Å². The highest BCUT2D eigenvalue weighted by Crippen LogP contribution is 2.29. The van der Waals surface area contributed by atoms with E-state index < -0.39 is 10.0 Å². The summed E-state index contributed by atoms with van der Waals surface area (Å²) < 4.78 is 34.7. The molecule has 1 saturated heterocycles. The van der Waals surface area contributed by atoms with Crippen molar-refractivity contribution in [2.75, 3.05) is 27.2 Å². The zero-order valence-corrected chi connectivity index (χ0v) is 18.7. The van der Waals surface area contributed by atoms with Crippen molar-refractivity contribution in [2.45, 2.75) is 44.6 Å². The quantitative estimate of drug-likeness (QED) is 0.588. The lowest BCUT2D eigenvalue weighted by Gasteiger charge is -2.31. The fraction of sp³-hybridized carbons (Fsp3) is 0.550. The third-order valence-corrected chi connectivity index (χ3v) is 7.85. The van der Waals surface area contributed by atoms with Crippen LogP contribution in [0.1, 0.15) is 35.6 Å². The molecule has 0 N–H and O–H groups in total. The van der Waals surface area contributed by atoms with Crippen molar-refractivity contribution in [1.29, 1.82) is 0 Å². The Morgan fingerprint density at radius 2 is 1.97 bits per heavy atom. The van der Waals surface area contributed by atoms with Gasteiger partial charge in [-0.15, -0.1) is 0 Å². The van der Waals surface area contributed by atoms with Gasteiger partial charge in [-0.2, -0.15) is 9.40 Å². The normalized spacial score (nSPS) is 16.7. The summed E-state index contributed by atoms with van der Waals surface area (Å²) in [6.07, 6.45) is 6.15. The van der Waals surface area contributed by atoms with E-state index in [1.54, 1.807) is 24.3 Å². The van der Waals surface area contributed by atoms with Gasteiger partial charge in [-0.1, -0.05) is 5.16 Å². The van der Waals surface area contributed by atoms with E-state index in [1.165, 1.54) is 0 Å². The van der Waals surface area contributed by atoms with E-state index in [2.05, 4.69) is 20.1 Å². The molecule has 162 valence electrons. The second-order valence-corrected chi connectivity index (χ2v) is 10.1. The largest absolute Gasteiger partial charge is 0.360 e. The molecule has 0 aliphatic carbocycles. The van der Waals surface area contributed by atoms with E-state index in [9.17, 15) is 8.42 Å². The van der Waals surface area contributed by atoms with Crippen LogP contribution in [-0.4, -0.2) is 64.6 Å². The van der Waals surface area contributed by atoms with E-state index >= 15 is 0 Å². The van der Waals surface area contributed by atoms with Crippen molar-refractivity contribution >= 4 is 15.7 Å². The average Bonchev–Trinajstić information content (AvgIpc) is 3.30. The number of piperidine rings is 1. The molecular weight excluding hydrogens is 404 g/mol. The van der Waals surface area contributed by atoms with Crippen LogP contribution in [0.15, 0.2) is 27.9 Å². The maximum Gasteiger partial charge on any atom is 0.248 e. The molecule has 9 nitrogen and oxygen atoms in total. The summed E-state index contributed by atoms with van der Waals surface area (Å²) in [6.45, 7) is 5.09. The topological polar surface area (TPSA) is 96.8 Å². The van der Waals surface area contributed by atoms with E-state index in [1.807, 2.05) is 30.9 Å². The van der Waals surface area contributed by atoms with Crippen molar-refractivity contribution in [1.82, 2.24) is 29.0 Å². The second kappa shape index (κ2) is 8.09. The first-order valence-electron chi connectivity index (χ1n) is 10.2. The summed E-state index contributed by atoms with van der Waals surface area (Å²) in [6, 6.07) is 1.90. The van der Waals surface area contributed by atoms with Crippen LogP contribution in [0.5, 0.6) is 0 Å². The molecule has 0 aromatic carbocycles. The molecule has 3 aromatic rings. The molecule has 1 aliphatic rings. The lowest BCUT2D eigenvalue weighted by atomic mass is 9.91. The van der Waals surface area contributed by atoms with E-state index in [0.717, 1.165) is 42.7 Å². The highest BCUT2D eigenvalue weighted by molar-refractivity contribution is 7.89. The van der Waals surface area contributed by atoms with Crippen molar-refractivity contribution in [3.63, 3.8) is 0 Å². The van der Waals surface area contributed by atoms with Crippen LogP contribution in [0.4, 0.5) is 0 Å². The molecule has 3 aromatic heterocycles. The van der Waals surface area contributed by atoms with Crippen LogP contribution in [0.3, 0.4) is 0 Å². The van der Waals surface area contributed by atoms with Crippen LogP contribution in [-0.2, 0) is 23.0 Å². The predicted octanol–water partition coefficient (Wildman–Crippen LogP) is 2.04. The number of nitrogens with zero attached hydrogens (tertiary/aromatic N) is 6. The monoisotopic (exact) mass is 432 g/mol. The molecule has 4 rings (SSSR count). The lowest BCUT2D eigenvalue weighted by molar-refractivity contribution is 0.269. The van der Waals surface area contributed by atoms with E-state index in [0.29, 0.717) is 30.5 Å². The molecule has 0 bridgehead atoms. The molecular formula is C20H28N6O3S. The molecule has 10 heteroatoms. The minimum absolute atomic E-state index is 0.210. The summed E-state index contributed by atoms with van der Waals surface area (Å²) >= 11 is 0. The van der Waals surface area contributed by atoms with Gasteiger partial charge in [0.25, 0.3) is 0 Å². The lowest BCUT2D eigenvalue weighted by Crippen LogP contribution is -2.39. The Labute approximate surface area is 176 Å². The fourth-order valence-electron chi connectivity index (χ4n) is 4.25. The minimum atomic E-state index is -3.58. The van der Waals surface area contributed by atoms with Gasteiger partial charge < -0.3 is 9.42 Å². The van der Waals surface area contributed by atoms with Crippen molar-refractivity contribution in [3.8, 4) is 0 Å². The molecule has 0 radical (unpaired) electrons. The zero-order chi connectivity index (χ0) is 21.5. The maximum atomic E-state index is 13.1. The number of hydrogen-bond acceptors (Lipinski definition) is 7. The Morgan fingerprint density at radius 3 is 2.60 bits per heavy atom. The second-order valence-electron chi connectivity index (χ2n) is 8.27. The van der Waals surface area contributed by atoms with Crippen LogP contribution >= 0.6 is 0 Å². The van der Waals surface area contributed by atoms with Gasteiger partial charge in [-0.05, 0) is 53.1 Å². The van der Waals surface area contributed by atoms with Crippen LogP contribution in [0, 0.1) is 19.8 Å². The number of aromatic nitrogens is 4. The molecule has 1 aliphatic heterocycles. The maximum absolute atomic E-state index is 13.1. The first-order chi connectivity index (χ1) is 14.3. The smallest absolute Gasteiger partial charge is 0.248 e. The third kappa shape index (κ3) is 3.86. The fourth-order valence-corrected chi connectivity index (χ4v) is 6.01. The van der Waals surface area contributed by atoms with Gasteiger partial charge in [-0.25, -0.2) is 17.9 Å². The summed E-state index contributed by atoms with van der Waals surface area (Å²) in [5, 5.41) is 8.28. The molecule has 0 unspecified atom stereocenters. The van der Waals surface area contributed by atoms with Gasteiger partial charge in [0.15, 0.2) is 11.4 Å². The Bertz CT molecular complexity index is 1120. The molecule has 0 saturated carbocycles. The molecule has 0 amide bonds. The Morgan fingerprint density at radius 1 is 1.23 bits per heavy atom. The average molecular weight is 433 g/mol. The molecule has 0 atom stereocenters. The van der Waals surface area contributed by atoms with Gasteiger partial charge in [0, 0.05) is 37.5 Å². The summed E-state index contributed by atoms with van der Waals surface area (Å²) in [4.78, 5) is 6.84. The number of rotatable bonds is 6. The van der Waals surface area contributed by atoms with Crippen LogP contribution < -0.4 is 0 Å². The van der Waals surface area contributed by atoms with Gasteiger partial charge >= 0.3 is 0 Å². The first-order valence-corrected chi connectivity index (χ1v) is 11.6. The minimum Gasteiger partial charge on any atom is -0.360 e. The van der Waals surface area contributed by atoms with E-state index in [4.69, 9.17) is 4.52 Å². The Balaban J connectivity index is 1.51. The first kappa shape index (κ1) is 21.0. The highest BCUT2D eigenvalue weighted by atomic mass is 32.2.